The van der Waals surface area contributed by atoms with Crippen LogP contribution < -0.4 is 11.5 Å². The van der Waals surface area contributed by atoms with Crippen LogP contribution in [0.3, 0.4) is 0 Å². The zero-order valence-corrected chi connectivity index (χ0v) is 17.1. The molecule has 1 aliphatic heterocycles. The molecule has 3 heterocycles. The van der Waals surface area contributed by atoms with E-state index in [1.807, 2.05) is 13.8 Å². The Kier molecular flexibility index (Phi) is 7.05. The number of fused-ring (bicyclic) bond motifs is 1. The molecule has 0 aliphatic carbocycles. The summed E-state index contributed by atoms with van der Waals surface area (Å²) in [5.41, 5.74) is 14.1. The largest absolute Gasteiger partial charge is 0.402 e. The quantitative estimate of drug-likeness (QED) is 0.697. The van der Waals surface area contributed by atoms with E-state index < -0.39 is 0 Å². The predicted molar refractivity (Wildman–Crippen MR) is 107 cm³/mol. The fourth-order valence-electron chi connectivity index (χ4n) is 2.60. The minimum absolute atomic E-state index is 0.145. The summed E-state index contributed by atoms with van der Waals surface area (Å²) in [4.78, 5) is 18.7. The lowest BCUT2D eigenvalue weighted by Crippen LogP contribution is -2.32. The molecule has 0 fully saturated rings. The summed E-state index contributed by atoms with van der Waals surface area (Å²) in [5.74, 6) is -0.145. The lowest BCUT2D eigenvalue weighted by atomic mass is 10.1. The van der Waals surface area contributed by atoms with Crippen molar-refractivity contribution in [2.24, 2.45) is 11.5 Å². The third kappa shape index (κ3) is 4.76. The summed E-state index contributed by atoms with van der Waals surface area (Å²) >= 11 is 9.06. The van der Waals surface area contributed by atoms with E-state index in [4.69, 9.17) is 23.1 Å². The molecule has 0 saturated carbocycles. The van der Waals surface area contributed by atoms with Gasteiger partial charge in [0, 0.05) is 43.7 Å². The van der Waals surface area contributed by atoms with E-state index in [1.165, 1.54) is 0 Å². The summed E-state index contributed by atoms with van der Waals surface area (Å²) in [6, 6.07) is 1.67. The van der Waals surface area contributed by atoms with Crippen molar-refractivity contribution in [1.29, 1.82) is 0 Å². The van der Waals surface area contributed by atoms with Crippen molar-refractivity contribution in [3.63, 3.8) is 0 Å². The van der Waals surface area contributed by atoms with Gasteiger partial charge in [-0.15, -0.1) is 0 Å². The first kappa shape index (κ1) is 20.3. The topological polar surface area (TPSA) is 103 Å². The molecule has 0 spiro atoms. The summed E-state index contributed by atoms with van der Waals surface area (Å²) in [6.45, 7) is 5.05. The van der Waals surface area contributed by atoms with Gasteiger partial charge in [0.05, 0.1) is 9.63 Å². The highest BCUT2D eigenvalue weighted by Crippen LogP contribution is 2.19. The van der Waals surface area contributed by atoms with Gasteiger partial charge in [0.2, 0.25) is 0 Å². The van der Waals surface area contributed by atoms with Gasteiger partial charge in [-0.25, -0.2) is 9.50 Å². The van der Waals surface area contributed by atoms with Crippen LogP contribution in [-0.4, -0.2) is 38.5 Å². The van der Waals surface area contributed by atoms with Gasteiger partial charge in [-0.3, -0.25) is 4.79 Å². The second-order valence-electron chi connectivity index (χ2n) is 5.48. The Morgan fingerprint density at radius 1 is 1.35 bits per heavy atom. The van der Waals surface area contributed by atoms with E-state index in [1.54, 1.807) is 34.0 Å². The maximum Gasteiger partial charge on any atom is 0.274 e. The molecule has 0 unspecified atom stereocenters. The van der Waals surface area contributed by atoms with Crippen LogP contribution in [0.4, 0.5) is 0 Å². The SMILES string of the molecule is CC.NC1=C(/C=C(\N)Cl)CCN(C(=O)c2cc3ncc(Br)cn3n2)CC1. The maximum atomic E-state index is 12.7. The number of aromatic nitrogens is 3. The van der Waals surface area contributed by atoms with Crippen molar-refractivity contribution in [1.82, 2.24) is 19.5 Å². The first-order valence-corrected chi connectivity index (χ1v) is 9.51. The van der Waals surface area contributed by atoms with Crippen LogP contribution in [0.1, 0.15) is 37.2 Å². The van der Waals surface area contributed by atoms with E-state index in [0.29, 0.717) is 43.0 Å². The fraction of sp³-hybridized carbons (Fsp3) is 0.353. The normalized spacial score (nSPS) is 15.5. The van der Waals surface area contributed by atoms with Crippen LogP contribution in [0.25, 0.3) is 5.65 Å². The first-order valence-electron chi connectivity index (χ1n) is 8.34. The van der Waals surface area contributed by atoms with Crippen molar-refractivity contribution in [3.05, 3.63) is 51.1 Å². The Labute approximate surface area is 165 Å². The number of hydrogen-bond acceptors (Lipinski definition) is 5. The van der Waals surface area contributed by atoms with Crippen LogP contribution in [0.5, 0.6) is 0 Å². The van der Waals surface area contributed by atoms with Crippen molar-refractivity contribution < 1.29 is 4.79 Å². The average molecular weight is 442 g/mol. The zero-order valence-electron chi connectivity index (χ0n) is 14.7. The van der Waals surface area contributed by atoms with Crippen molar-refractivity contribution in [2.45, 2.75) is 26.7 Å². The molecule has 7 nitrogen and oxygen atoms in total. The second-order valence-corrected chi connectivity index (χ2v) is 6.83. The summed E-state index contributed by atoms with van der Waals surface area (Å²) in [6.07, 6.45) is 6.24. The number of nitrogens with zero attached hydrogens (tertiary/aromatic N) is 4. The van der Waals surface area contributed by atoms with Crippen molar-refractivity contribution >= 4 is 39.1 Å². The Bertz CT molecular complexity index is 856. The number of allylic oxidation sites excluding steroid dienone is 1. The van der Waals surface area contributed by atoms with Crippen molar-refractivity contribution in [2.75, 3.05) is 13.1 Å². The number of hydrogen-bond donors (Lipinski definition) is 2. The first-order chi connectivity index (χ1) is 12.4. The Hall–Kier alpha value is -2.06. The van der Waals surface area contributed by atoms with Crippen molar-refractivity contribution in [3.8, 4) is 0 Å². The van der Waals surface area contributed by atoms with Gasteiger partial charge in [0.25, 0.3) is 5.91 Å². The molecule has 9 heteroatoms. The van der Waals surface area contributed by atoms with E-state index in [9.17, 15) is 4.79 Å². The average Bonchev–Trinajstić information content (AvgIpc) is 2.95. The molecule has 0 saturated heterocycles. The van der Waals surface area contributed by atoms with Gasteiger partial charge in [-0.2, -0.15) is 5.10 Å². The van der Waals surface area contributed by atoms with E-state index in [-0.39, 0.29) is 11.1 Å². The third-order valence-electron chi connectivity index (χ3n) is 3.81. The van der Waals surface area contributed by atoms with Crippen LogP contribution in [0, 0.1) is 0 Å². The lowest BCUT2D eigenvalue weighted by molar-refractivity contribution is 0.0756. The molecule has 26 heavy (non-hydrogen) atoms. The van der Waals surface area contributed by atoms with Gasteiger partial charge >= 0.3 is 0 Å². The number of nitrogens with two attached hydrogens (primary N) is 2. The molecule has 1 aliphatic rings. The molecule has 0 aromatic carbocycles. The minimum Gasteiger partial charge on any atom is -0.402 e. The molecule has 140 valence electrons. The summed E-state index contributed by atoms with van der Waals surface area (Å²) < 4.78 is 2.36. The summed E-state index contributed by atoms with van der Waals surface area (Å²) in [5, 5.41) is 4.49. The number of amides is 1. The zero-order chi connectivity index (χ0) is 19.3. The van der Waals surface area contributed by atoms with Crippen LogP contribution >= 0.6 is 27.5 Å². The van der Waals surface area contributed by atoms with Gasteiger partial charge in [-0.1, -0.05) is 25.4 Å². The van der Waals surface area contributed by atoms with E-state index >= 15 is 0 Å². The molecule has 3 rings (SSSR count). The number of rotatable bonds is 2. The van der Waals surface area contributed by atoms with E-state index in [2.05, 4.69) is 26.0 Å². The van der Waals surface area contributed by atoms with Crippen LogP contribution in [0.15, 0.2) is 45.4 Å². The predicted octanol–water partition coefficient (Wildman–Crippen LogP) is 3.01. The molecular weight excluding hydrogens is 420 g/mol. The highest BCUT2D eigenvalue weighted by atomic mass is 79.9. The minimum atomic E-state index is -0.145. The molecule has 0 bridgehead atoms. The molecule has 4 N–H and O–H groups in total. The van der Waals surface area contributed by atoms with E-state index in [0.717, 1.165) is 10.0 Å². The Morgan fingerprint density at radius 3 is 2.73 bits per heavy atom. The smallest absolute Gasteiger partial charge is 0.274 e. The molecule has 0 radical (unpaired) electrons. The number of carbonyl (C=O) groups is 1. The Morgan fingerprint density at radius 2 is 2.04 bits per heavy atom. The highest BCUT2D eigenvalue weighted by molar-refractivity contribution is 9.10. The molecular formula is C17H22BrClN6O. The van der Waals surface area contributed by atoms with Gasteiger partial charge in [-0.05, 0) is 34.0 Å². The third-order valence-corrected chi connectivity index (χ3v) is 4.33. The number of halogens is 2. The standard InChI is InChI=1S/C15H16BrClN6O.C2H6/c16-10-7-20-14-6-12(21-23(14)8-10)15(24)22-3-1-9(5-13(17)19)11(18)2-4-22;1-2/h5-8H,1-4,18-19H2;1-2H3/b13-5-;. The number of carbonyl (C=O) groups excluding carboxylic acids is 1. The molecule has 2 aromatic heterocycles. The summed E-state index contributed by atoms with van der Waals surface area (Å²) in [7, 11) is 0. The second kappa shape index (κ2) is 9.05. The Balaban J connectivity index is 0.00000117. The molecule has 1 amide bonds. The van der Waals surface area contributed by atoms with Gasteiger partial charge in [0.1, 0.15) is 0 Å². The van der Waals surface area contributed by atoms with Crippen LogP contribution in [0.2, 0.25) is 0 Å². The van der Waals surface area contributed by atoms with Gasteiger partial charge in [0.15, 0.2) is 11.3 Å². The fourth-order valence-corrected chi connectivity index (χ4v) is 3.03. The molecule has 2 aromatic rings. The molecule has 0 atom stereocenters. The maximum absolute atomic E-state index is 12.7. The van der Waals surface area contributed by atoms with Crippen LogP contribution in [-0.2, 0) is 0 Å². The lowest BCUT2D eigenvalue weighted by Gasteiger charge is -2.19. The van der Waals surface area contributed by atoms with Gasteiger partial charge < -0.3 is 16.4 Å². The monoisotopic (exact) mass is 440 g/mol. The highest BCUT2D eigenvalue weighted by Gasteiger charge is 2.22.